The van der Waals surface area contributed by atoms with Gasteiger partial charge in [0, 0.05) is 20.1 Å². The highest BCUT2D eigenvalue weighted by Crippen LogP contribution is 2.26. The summed E-state index contributed by atoms with van der Waals surface area (Å²) in [6.45, 7) is 8.05. The summed E-state index contributed by atoms with van der Waals surface area (Å²) in [5.41, 5.74) is 0.948. The average Bonchev–Trinajstić information content (AvgIpc) is 2.73. The zero-order chi connectivity index (χ0) is 21.8. The lowest BCUT2D eigenvalue weighted by molar-refractivity contribution is -0.129. The van der Waals surface area contributed by atoms with Gasteiger partial charge in [0.05, 0.1) is 19.3 Å². The fourth-order valence-electron chi connectivity index (χ4n) is 3.23. The van der Waals surface area contributed by atoms with Crippen molar-refractivity contribution in [2.75, 3.05) is 32.9 Å². The molecule has 2 rings (SSSR count). The fourth-order valence-corrected chi connectivity index (χ4v) is 3.23. The molecule has 0 aromatic heterocycles. The standard InChI is InChI=1S/C24H32FNO4/c1-4-28-22(20-12-14-21(25)15-13-20)11-8-16-26(19(3)27)17-18-30-24-10-7-6-9-23(24)29-5-2/h6-7,9-10,12-15,22H,4-5,8,11,16-18H2,1-3H3. The van der Waals surface area contributed by atoms with Gasteiger partial charge in [-0.2, -0.15) is 0 Å². The van der Waals surface area contributed by atoms with Crippen LogP contribution in [0.5, 0.6) is 11.5 Å². The van der Waals surface area contributed by atoms with E-state index in [0.29, 0.717) is 44.4 Å². The molecule has 164 valence electrons. The number of carbonyl (C=O) groups excluding carboxylic acids is 1. The summed E-state index contributed by atoms with van der Waals surface area (Å²) in [6.07, 6.45) is 1.41. The number of carbonyl (C=O) groups is 1. The molecule has 0 saturated heterocycles. The Morgan fingerprint density at radius 2 is 1.63 bits per heavy atom. The van der Waals surface area contributed by atoms with E-state index in [2.05, 4.69) is 0 Å². The lowest BCUT2D eigenvalue weighted by Gasteiger charge is -2.23. The van der Waals surface area contributed by atoms with Crippen molar-refractivity contribution in [1.82, 2.24) is 4.90 Å². The predicted molar refractivity (Wildman–Crippen MR) is 115 cm³/mol. The quantitative estimate of drug-likeness (QED) is 0.460. The van der Waals surface area contributed by atoms with Crippen LogP contribution in [0.1, 0.15) is 45.3 Å². The highest BCUT2D eigenvalue weighted by molar-refractivity contribution is 5.73. The molecule has 1 amide bonds. The molecular formula is C24H32FNO4. The Balaban J connectivity index is 1.85. The van der Waals surface area contributed by atoms with E-state index in [0.717, 1.165) is 18.4 Å². The number of amides is 1. The van der Waals surface area contributed by atoms with Crippen molar-refractivity contribution < 1.29 is 23.4 Å². The largest absolute Gasteiger partial charge is 0.490 e. The first-order valence-corrected chi connectivity index (χ1v) is 10.5. The van der Waals surface area contributed by atoms with Crippen LogP contribution >= 0.6 is 0 Å². The van der Waals surface area contributed by atoms with Gasteiger partial charge in [0.2, 0.25) is 5.91 Å². The van der Waals surface area contributed by atoms with Crippen molar-refractivity contribution in [1.29, 1.82) is 0 Å². The van der Waals surface area contributed by atoms with Gasteiger partial charge >= 0.3 is 0 Å². The van der Waals surface area contributed by atoms with Gasteiger partial charge in [-0.15, -0.1) is 0 Å². The van der Waals surface area contributed by atoms with E-state index in [1.807, 2.05) is 38.1 Å². The number of ether oxygens (including phenoxy) is 3. The van der Waals surface area contributed by atoms with Crippen LogP contribution in [0.3, 0.4) is 0 Å². The van der Waals surface area contributed by atoms with Crippen LogP contribution < -0.4 is 9.47 Å². The van der Waals surface area contributed by atoms with Gasteiger partial charge in [0.1, 0.15) is 12.4 Å². The van der Waals surface area contributed by atoms with Gasteiger partial charge < -0.3 is 19.1 Å². The molecule has 0 heterocycles. The van der Waals surface area contributed by atoms with E-state index >= 15 is 0 Å². The third-order valence-corrected chi connectivity index (χ3v) is 4.72. The van der Waals surface area contributed by atoms with Crippen LogP contribution in [0.15, 0.2) is 48.5 Å². The first kappa shape index (κ1) is 23.7. The lowest BCUT2D eigenvalue weighted by atomic mass is 10.0. The molecule has 0 saturated carbocycles. The molecule has 0 N–H and O–H groups in total. The number of para-hydroxylation sites is 2. The normalized spacial score (nSPS) is 11.7. The molecule has 0 aliphatic rings. The summed E-state index contributed by atoms with van der Waals surface area (Å²) in [7, 11) is 0. The number of hydrogen-bond donors (Lipinski definition) is 0. The first-order chi connectivity index (χ1) is 14.5. The average molecular weight is 418 g/mol. The van der Waals surface area contributed by atoms with Gasteiger partial charge in [-0.3, -0.25) is 4.79 Å². The van der Waals surface area contributed by atoms with Gasteiger partial charge in [0.25, 0.3) is 0 Å². The van der Waals surface area contributed by atoms with Crippen molar-refractivity contribution in [2.45, 2.75) is 39.7 Å². The predicted octanol–water partition coefficient (Wildman–Crippen LogP) is 5.01. The summed E-state index contributed by atoms with van der Waals surface area (Å²) < 4.78 is 30.4. The Morgan fingerprint density at radius 3 is 2.23 bits per heavy atom. The van der Waals surface area contributed by atoms with Gasteiger partial charge in [-0.05, 0) is 56.5 Å². The number of rotatable bonds is 13. The van der Waals surface area contributed by atoms with Gasteiger partial charge in [0.15, 0.2) is 11.5 Å². The summed E-state index contributed by atoms with van der Waals surface area (Å²) in [5, 5.41) is 0. The monoisotopic (exact) mass is 417 g/mol. The molecule has 5 nitrogen and oxygen atoms in total. The maximum absolute atomic E-state index is 13.2. The van der Waals surface area contributed by atoms with E-state index in [1.165, 1.54) is 12.1 Å². The molecular weight excluding hydrogens is 385 g/mol. The number of nitrogens with zero attached hydrogens (tertiary/aromatic N) is 1. The highest BCUT2D eigenvalue weighted by atomic mass is 19.1. The molecule has 0 aliphatic heterocycles. The van der Waals surface area contributed by atoms with Crippen LogP contribution in [0.4, 0.5) is 4.39 Å². The van der Waals surface area contributed by atoms with Crippen molar-refractivity contribution in [3.05, 3.63) is 59.9 Å². The smallest absolute Gasteiger partial charge is 0.219 e. The minimum absolute atomic E-state index is 0.00596. The molecule has 1 atom stereocenters. The van der Waals surface area contributed by atoms with Crippen LogP contribution in [-0.4, -0.2) is 43.7 Å². The molecule has 1 unspecified atom stereocenters. The topological polar surface area (TPSA) is 48.0 Å². The third kappa shape index (κ3) is 7.67. The van der Waals surface area contributed by atoms with Crippen molar-refractivity contribution in [2.24, 2.45) is 0 Å². The molecule has 2 aromatic rings. The molecule has 0 fully saturated rings. The first-order valence-electron chi connectivity index (χ1n) is 10.5. The Morgan fingerprint density at radius 1 is 0.967 bits per heavy atom. The van der Waals surface area contributed by atoms with E-state index in [9.17, 15) is 9.18 Å². The lowest BCUT2D eigenvalue weighted by Crippen LogP contribution is -2.33. The van der Waals surface area contributed by atoms with E-state index in [4.69, 9.17) is 14.2 Å². The SMILES string of the molecule is CCOc1ccccc1OCCN(CCCC(OCC)c1ccc(F)cc1)C(C)=O. The van der Waals surface area contributed by atoms with Gasteiger partial charge in [-0.25, -0.2) is 4.39 Å². The highest BCUT2D eigenvalue weighted by Gasteiger charge is 2.14. The Bertz CT molecular complexity index is 766. The summed E-state index contributed by atoms with van der Waals surface area (Å²) in [4.78, 5) is 13.8. The molecule has 0 spiro atoms. The second kappa shape index (κ2) is 12.9. The summed E-state index contributed by atoms with van der Waals surface area (Å²) in [6, 6.07) is 13.9. The van der Waals surface area contributed by atoms with Crippen molar-refractivity contribution >= 4 is 5.91 Å². The maximum Gasteiger partial charge on any atom is 0.219 e. The molecule has 30 heavy (non-hydrogen) atoms. The second-order valence-corrected chi connectivity index (χ2v) is 6.87. The Labute approximate surface area is 178 Å². The molecule has 0 radical (unpaired) electrons. The molecule has 0 bridgehead atoms. The second-order valence-electron chi connectivity index (χ2n) is 6.87. The van der Waals surface area contributed by atoms with Crippen LogP contribution in [0.2, 0.25) is 0 Å². The Hall–Kier alpha value is -2.60. The van der Waals surface area contributed by atoms with Crippen LogP contribution in [0, 0.1) is 5.82 Å². The van der Waals surface area contributed by atoms with Gasteiger partial charge in [-0.1, -0.05) is 24.3 Å². The number of hydrogen-bond acceptors (Lipinski definition) is 4. The molecule has 6 heteroatoms. The minimum atomic E-state index is -0.261. The van der Waals surface area contributed by atoms with Crippen molar-refractivity contribution in [3.8, 4) is 11.5 Å². The number of benzene rings is 2. The van der Waals surface area contributed by atoms with Crippen LogP contribution in [0.25, 0.3) is 0 Å². The number of halogens is 1. The van der Waals surface area contributed by atoms with Crippen LogP contribution in [-0.2, 0) is 9.53 Å². The Kier molecular flexibility index (Phi) is 10.1. The maximum atomic E-state index is 13.2. The molecule has 2 aromatic carbocycles. The zero-order valence-electron chi connectivity index (χ0n) is 18.1. The minimum Gasteiger partial charge on any atom is -0.490 e. The summed E-state index contributed by atoms with van der Waals surface area (Å²) in [5.74, 6) is 1.12. The van der Waals surface area contributed by atoms with Crippen molar-refractivity contribution in [3.63, 3.8) is 0 Å². The summed E-state index contributed by atoms with van der Waals surface area (Å²) >= 11 is 0. The van der Waals surface area contributed by atoms with E-state index in [-0.39, 0.29) is 17.8 Å². The molecule has 0 aliphatic carbocycles. The third-order valence-electron chi connectivity index (χ3n) is 4.72. The fraction of sp³-hybridized carbons (Fsp3) is 0.458. The zero-order valence-corrected chi connectivity index (χ0v) is 18.1. The van der Waals surface area contributed by atoms with E-state index in [1.54, 1.807) is 24.0 Å². The van der Waals surface area contributed by atoms with E-state index < -0.39 is 0 Å².